The molecule has 0 heterocycles. The Morgan fingerprint density at radius 3 is 1.69 bits per heavy atom. The van der Waals surface area contributed by atoms with Crippen molar-refractivity contribution in [1.82, 2.24) is 0 Å². The number of rotatable bonds is 11. The van der Waals surface area contributed by atoms with E-state index in [1.807, 2.05) is 0 Å². The van der Waals surface area contributed by atoms with Crippen LogP contribution in [-0.4, -0.2) is 0 Å². The predicted molar refractivity (Wildman–Crippen MR) is 75.8 cm³/mol. The van der Waals surface area contributed by atoms with E-state index in [9.17, 15) is 0 Å². The highest BCUT2D eigenvalue weighted by molar-refractivity contribution is 4.56. The van der Waals surface area contributed by atoms with Gasteiger partial charge in [-0.15, -0.1) is 0 Å². The summed E-state index contributed by atoms with van der Waals surface area (Å²) in [5.41, 5.74) is 0. The molecular formula is C16H34. The first kappa shape index (κ1) is 16.0. The first-order valence-electron chi connectivity index (χ1n) is 7.66. The highest BCUT2D eigenvalue weighted by Gasteiger charge is 2.02. The molecule has 0 aliphatic rings. The molecule has 0 bridgehead atoms. The fraction of sp³-hybridized carbons (Fsp3) is 1.00. The summed E-state index contributed by atoms with van der Waals surface area (Å²) in [6.45, 7) is 9.39. The highest BCUT2D eigenvalue weighted by Crippen LogP contribution is 2.18. The lowest BCUT2D eigenvalue weighted by molar-refractivity contribution is 0.423. The first-order chi connectivity index (χ1) is 7.66. The average molecular weight is 226 g/mol. The van der Waals surface area contributed by atoms with E-state index in [1.54, 1.807) is 0 Å². The minimum absolute atomic E-state index is 0.893. The molecule has 0 spiro atoms. The van der Waals surface area contributed by atoms with Crippen molar-refractivity contribution in [3.8, 4) is 0 Å². The van der Waals surface area contributed by atoms with Gasteiger partial charge in [0, 0.05) is 0 Å². The lowest BCUT2D eigenvalue weighted by Gasteiger charge is -2.11. The van der Waals surface area contributed by atoms with E-state index in [0.29, 0.717) is 0 Å². The summed E-state index contributed by atoms with van der Waals surface area (Å²) < 4.78 is 0. The van der Waals surface area contributed by atoms with Gasteiger partial charge in [-0.05, 0) is 11.8 Å². The quantitative estimate of drug-likeness (QED) is 0.368. The van der Waals surface area contributed by atoms with Crippen molar-refractivity contribution in [2.75, 3.05) is 0 Å². The molecule has 16 heavy (non-hydrogen) atoms. The third-order valence-electron chi connectivity index (χ3n) is 3.53. The molecule has 0 rings (SSSR count). The van der Waals surface area contributed by atoms with Crippen LogP contribution in [0.25, 0.3) is 0 Å². The largest absolute Gasteiger partial charge is 0.0654 e. The molecular weight excluding hydrogens is 192 g/mol. The van der Waals surface area contributed by atoms with Gasteiger partial charge in [-0.2, -0.15) is 0 Å². The second-order valence-corrected chi connectivity index (χ2v) is 5.99. The van der Waals surface area contributed by atoms with Crippen LogP contribution in [0.5, 0.6) is 0 Å². The van der Waals surface area contributed by atoms with Crippen molar-refractivity contribution in [3.05, 3.63) is 0 Å². The van der Waals surface area contributed by atoms with Crippen LogP contribution in [0, 0.1) is 11.8 Å². The van der Waals surface area contributed by atoms with Gasteiger partial charge in [0.15, 0.2) is 0 Å². The third-order valence-corrected chi connectivity index (χ3v) is 3.53. The molecule has 0 N–H and O–H groups in total. The highest BCUT2D eigenvalue weighted by atomic mass is 14.1. The lowest BCUT2D eigenvalue weighted by Crippen LogP contribution is -1.96. The summed E-state index contributed by atoms with van der Waals surface area (Å²) >= 11 is 0. The van der Waals surface area contributed by atoms with Crippen molar-refractivity contribution in [3.63, 3.8) is 0 Å². The van der Waals surface area contributed by atoms with Crippen LogP contribution in [0.3, 0.4) is 0 Å². The fourth-order valence-corrected chi connectivity index (χ4v) is 2.29. The number of unbranched alkanes of at least 4 members (excludes halogenated alkanes) is 5. The van der Waals surface area contributed by atoms with Gasteiger partial charge in [0.25, 0.3) is 0 Å². The van der Waals surface area contributed by atoms with Gasteiger partial charge in [-0.1, -0.05) is 91.9 Å². The SMILES string of the molecule is CCCCCCCC(C)CCCCC(C)C. The van der Waals surface area contributed by atoms with Crippen LogP contribution in [0.15, 0.2) is 0 Å². The van der Waals surface area contributed by atoms with E-state index in [1.165, 1.54) is 64.2 Å². The molecule has 0 aliphatic carbocycles. The molecule has 0 aliphatic heterocycles. The summed E-state index contributed by atoms with van der Waals surface area (Å²) in [7, 11) is 0. The van der Waals surface area contributed by atoms with E-state index in [2.05, 4.69) is 27.7 Å². The molecule has 0 nitrogen and oxygen atoms in total. The van der Waals surface area contributed by atoms with Crippen molar-refractivity contribution in [2.24, 2.45) is 11.8 Å². The van der Waals surface area contributed by atoms with Gasteiger partial charge in [-0.25, -0.2) is 0 Å². The molecule has 1 atom stereocenters. The van der Waals surface area contributed by atoms with Crippen LogP contribution < -0.4 is 0 Å². The fourth-order valence-electron chi connectivity index (χ4n) is 2.29. The summed E-state index contributed by atoms with van der Waals surface area (Å²) in [5.74, 6) is 1.86. The average Bonchev–Trinajstić information content (AvgIpc) is 2.24. The third kappa shape index (κ3) is 12.1. The van der Waals surface area contributed by atoms with E-state index < -0.39 is 0 Å². The molecule has 0 heteroatoms. The van der Waals surface area contributed by atoms with E-state index in [4.69, 9.17) is 0 Å². The van der Waals surface area contributed by atoms with E-state index in [0.717, 1.165) is 11.8 Å². The Morgan fingerprint density at radius 1 is 0.625 bits per heavy atom. The topological polar surface area (TPSA) is 0 Å². The molecule has 0 aromatic heterocycles. The minimum atomic E-state index is 0.893. The van der Waals surface area contributed by atoms with E-state index in [-0.39, 0.29) is 0 Å². The van der Waals surface area contributed by atoms with Crippen LogP contribution in [0.2, 0.25) is 0 Å². The molecule has 0 fully saturated rings. The second kappa shape index (κ2) is 11.5. The van der Waals surface area contributed by atoms with Gasteiger partial charge in [0.1, 0.15) is 0 Å². The Labute approximate surface area is 104 Å². The Hall–Kier alpha value is 0. The van der Waals surface area contributed by atoms with Crippen LogP contribution >= 0.6 is 0 Å². The van der Waals surface area contributed by atoms with Crippen LogP contribution in [0.1, 0.15) is 91.9 Å². The van der Waals surface area contributed by atoms with Crippen molar-refractivity contribution < 1.29 is 0 Å². The molecule has 98 valence electrons. The Morgan fingerprint density at radius 2 is 1.12 bits per heavy atom. The van der Waals surface area contributed by atoms with Gasteiger partial charge in [0.2, 0.25) is 0 Å². The Bertz CT molecular complexity index is 126. The molecule has 0 saturated carbocycles. The standard InChI is InChI=1S/C16H34/c1-5-6-7-8-9-13-16(4)14-11-10-12-15(2)3/h15-16H,5-14H2,1-4H3. The molecule has 0 amide bonds. The maximum atomic E-state index is 2.44. The van der Waals surface area contributed by atoms with Crippen molar-refractivity contribution in [1.29, 1.82) is 0 Å². The molecule has 0 aromatic rings. The smallest absolute Gasteiger partial charge is 0.0443 e. The summed E-state index contributed by atoms with van der Waals surface area (Å²) in [6.07, 6.45) is 14.4. The monoisotopic (exact) mass is 226 g/mol. The Balaban J connectivity index is 3.15. The predicted octanol–water partition coefficient (Wildman–Crippen LogP) is 6.20. The normalized spacial score (nSPS) is 13.3. The maximum Gasteiger partial charge on any atom is -0.0443 e. The zero-order valence-corrected chi connectivity index (χ0v) is 12.2. The zero-order valence-electron chi connectivity index (χ0n) is 12.2. The van der Waals surface area contributed by atoms with Gasteiger partial charge < -0.3 is 0 Å². The minimum Gasteiger partial charge on any atom is -0.0654 e. The van der Waals surface area contributed by atoms with Crippen LogP contribution in [0.4, 0.5) is 0 Å². The summed E-state index contributed by atoms with van der Waals surface area (Å²) in [5, 5.41) is 0. The molecule has 0 radical (unpaired) electrons. The van der Waals surface area contributed by atoms with Gasteiger partial charge >= 0.3 is 0 Å². The number of hydrogen-bond donors (Lipinski definition) is 0. The first-order valence-corrected chi connectivity index (χ1v) is 7.66. The zero-order chi connectivity index (χ0) is 12.2. The Kier molecular flexibility index (Phi) is 11.5. The van der Waals surface area contributed by atoms with Crippen molar-refractivity contribution in [2.45, 2.75) is 91.9 Å². The van der Waals surface area contributed by atoms with Crippen LogP contribution in [-0.2, 0) is 0 Å². The summed E-state index contributed by atoms with van der Waals surface area (Å²) in [4.78, 5) is 0. The van der Waals surface area contributed by atoms with Gasteiger partial charge in [0.05, 0.1) is 0 Å². The number of hydrogen-bond acceptors (Lipinski definition) is 0. The van der Waals surface area contributed by atoms with Gasteiger partial charge in [-0.3, -0.25) is 0 Å². The second-order valence-electron chi connectivity index (χ2n) is 5.99. The molecule has 0 saturated heterocycles. The molecule has 0 aromatic carbocycles. The maximum absolute atomic E-state index is 2.44. The van der Waals surface area contributed by atoms with E-state index >= 15 is 0 Å². The lowest BCUT2D eigenvalue weighted by atomic mass is 9.95. The summed E-state index contributed by atoms with van der Waals surface area (Å²) in [6, 6.07) is 0. The molecule has 1 unspecified atom stereocenters. The van der Waals surface area contributed by atoms with Crippen molar-refractivity contribution >= 4 is 0 Å².